The number of halogens is 1. The monoisotopic (exact) mass is 366 g/mol. The number of carboxylic acids is 1. The molecule has 4 nitrogen and oxygen atoms in total. The van der Waals surface area contributed by atoms with E-state index in [1.807, 2.05) is 11.0 Å². The van der Waals surface area contributed by atoms with E-state index in [0.717, 1.165) is 37.7 Å². The molecule has 1 saturated heterocycles. The van der Waals surface area contributed by atoms with Crippen LogP contribution in [0.5, 0.6) is 0 Å². The second kappa shape index (κ2) is 7.53. The highest BCUT2D eigenvalue weighted by Crippen LogP contribution is 2.33. The number of H-pyrrole nitrogens is 1. The molecule has 0 aliphatic carbocycles. The van der Waals surface area contributed by atoms with Gasteiger partial charge in [0, 0.05) is 22.7 Å². The summed E-state index contributed by atoms with van der Waals surface area (Å²) in [4.78, 5) is 17.1. The molecule has 140 valence electrons. The molecule has 4 rings (SSSR count). The molecule has 3 aromatic rings. The standard InChI is InChI=1S/C22H23FN2O2/c23-17-6-7-18-19(14-24-20(18)13-17)21(22(26)27)25-10-8-16(9-11-25)12-15-4-2-1-3-5-15/h1-7,13-14,16,21,24H,8-12H2,(H,26,27)/t21-/m0/s1. The van der Waals surface area contributed by atoms with Crippen LogP contribution in [0.3, 0.4) is 0 Å². The van der Waals surface area contributed by atoms with Crippen molar-refractivity contribution in [2.45, 2.75) is 25.3 Å². The van der Waals surface area contributed by atoms with E-state index in [2.05, 4.69) is 29.2 Å². The van der Waals surface area contributed by atoms with E-state index in [9.17, 15) is 14.3 Å². The Labute approximate surface area is 157 Å². The van der Waals surface area contributed by atoms with Gasteiger partial charge in [0.15, 0.2) is 0 Å². The molecule has 1 aliphatic rings. The predicted molar refractivity (Wildman–Crippen MR) is 103 cm³/mol. The van der Waals surface area contributed by atoms with Crippen molar-refractivity contribution in [1.82, 2.24) is 9.88 Å². The van der Waals surface area contributed by atoms with E-state index in [1.54, 1.807) is 12.3 Å². The van der Waals surface area contributed by atoms with Crippen LogP contribution in [-0.4, -0.2) is 34.0 Å². The van der Waals surface area contributed by atoms with Gasteiger partial charge in [0.25, 0.3) is 0 Å². The smallest absolute Gasteiger partial charge is 0.325 e. The number of carbonyl (C=O) groups is 1. The topological polar surface area (TPSA) is 56.3 Å². The maximum atomic E-state index is 13.4. The van der Waals surface area contributed by atoms with E-state index < -0.39 is 12.0 Å². The highest BCUT2D eigenvalue weighted by Gasteiger charge is 2.32. The van der Waals surface area contributed by atoms with Gasteiger partial charge >= 0.3 is 5.97 Å². The summed E-state index contributed by atoms with van der Waals surface area (Å²) in [5, 5.41) is 10.7. The lowest BCUT2D eigenvalue weighted by Crippen LogP contribution is -2.40. The fraction of sp³-hybridized carbons (Fsp3) is 0.318. The number of rotatable bonds is 5. The number of hydrogen-bond donors (Lipinski definition) is 2. The van der Waals surface area contributed by atoms with Crippen molar-refractivity contribution >= 4 is 16.9 Å². The molecule has 0 unspecified atom stereocenters. The molecule has 0 bridgehead atoms. The van der Waals surface area contributed by atoms with Crippen LogP contribution in [0.4, 0.5) is 4.39 Å². The van der Waals surface area contributed by atoms with Gasteiger partial charge in [-0.3, -0.25) is 9.69 Å². The van der Waals surface area contributed by atoms with Crippen LogP contribution >= 0.6 is 0 Å². The Hall–Kier alpha value is -2.66. The quantitative estimate of drug-likeness (QED) is 0.704. The lowest BCUT2D eigenvalue weighted by Gasteiger charge is -2.35. The van der Waals surface area contributed by atoms with E-state index >= 15 is 0 Å². The number of benzene rings is 2. The van der Waals surface area contributed by atoms with Crippen molar-refractivity contribution in [3.05, 3.63) is 71.7 Å². The molecule has 5 heteroatoms. The third-order valence-electron chi connectivity index (χ3n) is 5.59. The highest BCUT2D eigenvalue weighted by atomic mass is 19.1. The summed E-state index contributed by atoms with van der Waals surface area (Å²) in [5.74, 6) is -0.610. The third kappa shape index (κ3) is 3.74. The molecule has 2 aromatic carbocycles. The normalized spacial score (nSPS) is 17.2. The maximum absolute atomic E-state index is 13.4. The SMILES string of the molecule is O=C(O)[C@H](c1c[nH]c2cc(F)ccc12)N1CCC(Cc2ccccc2)CC1. The van der Waals surface area contributed by atoms with Crippen LogP contribution in [0.15, 0.2) is 54.7 Å². The fourth-order valence-electron chi connectivity index (χ4n) is 4.20. The number of piperidine rings is 1. The minimum atomic E-state index is -0.860. The first kappa shape index (κ1) is 17.7. The van der Waals surface area contributed by atoms with Crippen molar-refractivity contribution in [3.8, 4) is 0 Å². The van der Waals surface area contributed by atoms with Gasteiger partial charge in [-0.2, -0.15) is 0 Å². The summed E-state index contributed by atoms with van der Waals surface area (Å²) in [6.45, 7) is 1.50. The first-order valence-electron chi connectivity index (χ1n) is 9.39. The average molecular weight is 366 g/mol. The fourth-order valence-corrected chi connectivity index (χ4v) is 4.20. The van der Waals surface area contributed by atoms with Crippen LogP contribution in [0, 0.1) is 11.7 Å². The molecule has 1 aliphatic heterocycles. The van der Waals surface area contributed by atoms with Gasteiger partial charge in [0.2, 0.25) is 0 Å². The molecule has 1 fully saturated rings. The number of nitrogens with zero attached hydrogens (tertiary/aromatic N) is 1. The molecule has 2 heterocycles. The summed E-state index contributed by atoms with van der Waals surface area (Å²) in [7, 11) is 0. The van der Waals surface area contributed by atoms with Crippen LogP contribution in [0.1, 0.15) is 30.0 Å². The lowest BCUT2D eigenvalue weighted by molar-refractivity contribution is -0.144. The van der Waals surface area contributed by atoms with Gasteiger partial charge in [-0.15, -0.1) is 0 Å². The van der Waals surface area contributed by atoms with Crippen LogP contribution < -0.4 is 0 Å². The van der Waals surface area contributed by atoms with Gasteiger partial charge in [-0.1, -0.05) is 30.3 Å². The zero-order chi connectivity index (χ0) is 18.8. The van der Waals surface area contributed by atoms with Gasteiger partial charge < -0.3 is 10.1 Å². The number of aromatic amines is 1. The van der Waals surface area contributed by atoms with E-state index in [1.165, 1.54) is 17.7 Å². The Balaban J connectivity index is 1.49. The Morgan fingerprint density at radius 2 is 1.93 bits per heavy atom. The maximum Gasteiger partial charge on any atom is 0.325 e. The molecule has 1 atom stereocenters. The summed E-state index contributed by atoms with van der Waals surface area (Å²) < 4.78 is 13.4. The molecule has 0 saturated carbocycles. The van der Waals surface area contributed by atoms with Gasteiger partial charge in [0.05, 0.1) is 0 Å². The summed E-state index contributed by atoms with van der Waals surface area (Å²) in [6, 6.07) is 14.2. The van der Waals surface area contributed by atoms with Gasteiger partial charge in [-0.25, -0.2) is 4.39 Å². The zero-order valence-electron chi connectivity index (χ0n) is 15.1. The Morgan fingerprint density at radius 1 is 1.19 bits per heavy atom. The molecule has 0 radical (unpaired) electrons. The predicted octanol–water partition coefficient (Wildman–Crippen LogP) is 4.39. The molecule has 1 aromatic heterocycles. The first-order chi connectivity index (χ1) is 13.1. The summed E-state index contributed by atoms with van der Waals surface area (Å²) in [5.41, 5.74) is 2.68. The number of hydrogen-bond acceptors (Lipinski definition) is 2. The van der Waals surface area contributed by atoms with Crippen molar-refractivity contribution in [3.63, 3.8) is 0 Å². The number of nitrogens with one attached hydrogen (secondary N) is 1. The number of fused-ring (bicyclic) bond motifs is 1. The highest BCUT2D eigenvalue weighted by molar-refractivity contribution is 5.89. The van der Waals surface area contributed by atoms with Gasteiger partial charge in [-0.05, 0) is 62.0 Å². The molecule has 27 heavy (non-hydrogen) atoms. The van der Waals surface area contributed by atoms with Crippen LogP contribution in [0.25, 0.3) is 10.9 Å². The lowest BCUT2D eigenvalue weighted by atomic mass is 9.89. The number of carboxylic acid groups (broad SMARTS) is 1. The summed E-state index contributed by atoms with van der Waals surface area (Å²) >= 11 is 0. The largest absolute Gasteiger partial charge is 0.480 e. The second-order valence-electron chi connectivity index (χ2n) is 7.34. The Kier molecular flexibility index (Phi) is 4.94. The minimum absolute atomic E-state index is 0.329. The zero-order valence-corrected chi connectivity index (χ0v) is 15.1. The third-order valence-corrected chi connectivity index (χ3v) is 5.59. The number of aliphatic carboxylic acids is 1. The summed E-state index contributed by atoms with van der Waals surface area (Å²) in [6.07, 6.45) is 4.71. The molecular weight excluding hydrogens is 343 g/mol. The Morgan fingerprint density at radius 3 is 2.63 bits per heavy atom. The van der Waals surface area contributed by atoms with E-state index in [-0.39, 0.29) is 5.82 Å². The molecule has 2 N–H and O–H groups in total. The van der Waals surface area contributed by atoms with Crippen molar-refractivity contribution in [2.24, 2.45) is 5.92 Å². The van der Waals surface area contributed by atoms with Crippen molar-refractivity contribution in [1.29, 1.82) is 0 Å². The van der Waals surface area contributed by atoms with Crippen LogP contribution in [-0.2, 0) is 11.2 Å². The average Bonchev–Trinajstić information content (AvgIpc) is 3.06. The number of likely N-dealkylation sites (tertiary alicyclic amines) is 1. The second-order valence-corrected chi connectivity index (χ2v) is 7.34. The van der Waals surface area contributed by atoms with E-state index in [4.69, 9.17) is 0 Å². The number of aromatic nitrogens is 1. The first-order valence-corrected chi connectivity index (χ1v) is 9.39. The van der Waals surface area contributed by atoms with E-state index in [0.29, 0.717) is 17.0 Å². The molecule has 0 amide bonds. The molecule has 0 spiro atoms. The van der Waals surface area contributed by atoms with Crippen LogP contribution in [0.2, 0.25) is 0 Å². The van der Waals surface area contributed by atoms with Gasteiger partial charge in [0.1, 0.15) is 11.9 Å². The molecular formula is C22H23FN2O2. The van der Waals surface area contributed by atoms with Crippen molar-refractivity contribution < 1.29 is 14.3 Å². The Bertz CT molecular complexity index is 930. The van der Waals surface area contributed by atoms with Crippen molar-refractivity contribution in [2.75, 3.05) is 13.1 Å². The minimum Gasteiger partial charge on any atom is -0.480 e.